The number of thiazole rings is 1. The normalized spacial score (nSPS) is 15.9. The van der Waals surface area contributed by atoms with Gasteiger partial charge in [0.25, 0.3) is 0 Å². The Labute approximate surface area is 90.6 Å². The van der Waals surface area contributed by atoms with Crippen molar-refractivity contribution in [2.45, 2.75) is 52.0 Å². The lowest BCUT2D eigenvalue weighted by Crippen LogP contribution is -2.32. The fourth-order valence-corrected chi connectivity index (χ4v) is 2.53. The summed E-state index contributed by atoms with van der Waals surface area (Å²) in [6.07, 6.45) is 2.10. The molecule has 80 valence electrons. The molecule has 0 aromatic carbocycles. The number of rotatable bonds is 4. The molecule has 1 heterocycles. The molecule has 0 saturated heterocycles. The molecule has 2 nitrogen and oxygen atoms in total. The summed E-state index contributed by atoms with van der Waals surface area (Å²) in [5.74, 6) is 0.498. The SMILES string of the molecule is CCCC(C)(N)c1nc(C(C)C)cs1. The van der Waals surface area contributed by atoms with Gasteiger partial charge in [-0.15, -0.1) is 11.3 Å². The predicted molar refractivity (Wildman–Crippen MR) is 62.7 cm³/mol. The Bertz CT molecular complexity index is 289. The molecule has 0 spiro atoms. The molecule has 14 heavy (non-hydrogen) atoms. The first-order valence-electron chi connectivity index (χ1n) is 5.22. The van der Waals surface area contributed by atoms with Gasteiger partial charge < -0.3 is 5.73 Å². The quantitative estimate of drug-likeness (QED) is 0.832. The molecule has 0 saturated carbocycles. The Kier molecular flexibility index (Phi) is 3.67. The minimum Gasteiger partial charge on any atom is -0.320 e. The highest BCUT2D eigenvalue weighted by Crippen LogP contribution is 2.28. The topological polar surface area (TPSA) is 38.9 Å². The molecule has 1 atom stereocenters. The first kappa shape index (κ1) is 11.7. The molecule has 1 aromatic rings. The maximum atomic E-state index is 6.21. The molecule has 0 radical (unpaired) electrons. The maximum absolute atomic E-state index is 6.21. The van der Waals surface area contributed by atoms with Crippen LogP contribution in [-0.4, -0.2) is 4.98 Å². The Balaban J connectivity index is 2.85. The van der Waals surface area contributed by atoms with Gasteiger partial charge in [0.2, 0.25) is 0 Å². The van der Waals surface area contributed by atoms with Gasteiger partial charge in [-0.1, -0.05) is 27.2 Å². The van der Waals surface area contributed by atoms with Gasteiger partial charge in [-0.05, 0) is 19.3 Å². The summed E-state index contributed by atoms with van der Waals surface area (Å²) in [4.78, 5) is 4.59. The zero-order valence-corrected chi connectivity index (χ0v) is 10.3. The van der Waals surface area contributed by atoms with Crippen molar-refractivity contribution in [3.63, 3.8) is 0 Å². The van der Waals surface area contributed by atoms with Crippen molar-refractivity contribution >= 4 is 11.3 Å². The van der Waals surface area contributed by atoms with Gasteiger partial charge >= 0.3 is 0 Å². The molecule has 1 rings (SSSR count). The van der Waals surface area contributed by atoms with Crippen molar-refractivity contribution in [3.8, 4) is 0 Å². The maximum Gasteiger partial charge on any atom is 0.112 e. The minimum atomic E-state index is -0.243. The van der Waals surface area contributed by atoms with Crippen LogP contribution in [0.25, 0.3) is 0 Å². The van der Waals surface area contributed by atoms with Crippen LogP contribution in [0.2, 0.25) is 0 Å². The van der Waals surface area contributed by atoms with E-state index in [0.717, 1.165) is 23.5 Å². The van der Waals surface area contributed by atoms with Crippen LogP contribution in [0.4, 0.5) is 0 Å². The van der Waals surface area contributed by atoms with E-state index in [1.165, 1.54) is 0 Å². The van der Waals surface area contributed by atoms with E-state index in [1.807, 2.05) is 0 Å². The molecular formula is C11H20N2S. The standard InChI is InChI=1S/C11H20N2S/c1-5-6-11(4,12)10-13-9(7-14-10)8(2)3/h7-8H,5-6,12H2,1-4H3. The first-order valence-corrected chi connectivity index (χ1v) is 6.10. The van der Waals surface area contributed by atoms with E-state index in [0.29, 0.717) is 5.92 Å². The van der Waals surface area contributed by atoms with Crippen molar-refractivity contribution in [1.82, 2.24) is 4.98 Å². The second-order valence-corrected chi connectivity index (χ2v) is 5.26. The molecule has 2 N–H and O–H groups in total. The molecule has 0 aliphatic rings. The smallest absolute Gasteiger partial charge is 0.112 e. The lowest BCUT2D eigenvalue weighted by Gasteiger charge is -2.20. The van der Waals surface area contributed by atoms with E-state index >= 15 is 0 Å². The highest BCUT2D eigenvalue weighted by Gasteiger charge is 2.24. The predicted octanol–water partition coefficient (Wildman–Crippen LogP) is 3.24. The summed E-state index contributed by atoms with van der Waals surface area (Å²) >= 11 is 1.69. The largest absolute Gasteiger partial charge is 0.320 e. The van der Waals surface area contributed by atoms with Gasteiger partial charge in [0.1, 0.15) is 5.01 Å². The third kappa shape index (κ3) is 2.55. The van der Waals surface area contributed by atoms with Gasteiger partial charge in [-0.2, -0.15) is 0 Å². The van der Waals surface area contributed by atoms with Crippen LogP contribution in [0, 0.1) is 0 Å². The average molecular weight is 212 g/mol. The fraction of sp³-hybridized carbons (Fsp3) is 0.727. The molecular weight excluding hydrogens is 192 g/mol. The Morgan fingerprint density at radius 2 is 2.21 bits per heavy atom. The highest BCUT2D eigenvalue weighted by molar-refractivity contribution is 7.09. The summed E-state index contributed by atoms with van der Waals surface area (Å²) in [6.45, 7) is 8.54. The average Bonchev–Trinajstić information content (AvgIpc) is 2.51. The van der Waals surface area contributed by atoms with Gasteiger partial charge in [-0.25, -0.2) is 4.98 Å². The molecule has 3 heteroatoms. The van der Waals surface area contributed by atoms with E-state index in [-0.39, 0.29) is 5.54 Å². The van der Waals surface area contributed by atoms with E-state index in [9.17, 15) is 0 Å². The van der Waals surface area contributed by atoms with Crippen molar-refractivity contribution in [2.75, 3.05) is 0 Å². The zero-order valence-electron chi connectivity index (χ0n) is 9.50. The van der Waals surface area contributed by atoms with E-state index in [4.69, 9.17) is 5.73 Å². The van der Waals surface area contributed by atoms with Crippen LogP contribution in [0.15, 0.2) is 5.38 Å². The Hall–Kier alpha value is -0.410. The molecule has 0 aliphatic carbocycles. The molecule has 1 unspecified atom stereocenters. The molecule has 0 aliphatic heterocycles. The lowest BCUT2D eigenvalue weighted by molar-refractivity contribution is 0.443. The van der Waals surface area contributed by atoms with Crippen LogP contribution in [0.5, 0.6) is 0 Å². The van der Waals surface area contributed by atoms with Crippen molar-refractivity contribution in [3.05, 3.63) is 16.1 Å². The minimum absolute atomic E-state index is 0.243. The lowest BCUT2D eigenvalue weighted by atomic mass is 9.98. The second-order valence-electron chi connectivity index (χ2n) is 4.40. The Morgan fingerprint density at radius 1 is 1.57 bits per heavy atom. The van der Waals surface area contributed by atoms with Crippen molar-refractivity contribution < 1.29 is 0 Å². The van der Waals surface area contributed by atoms with Crippen molar-refractivity contribution in [1.29, 1.82) is 0 Å². The molecule has 0 amide bonds. The molecule has 0 fully saturated rings. The number of hydrogen-bond acceptors (Lipinski definition) is 3. The number of nitrogens with two attached hydrogens (primary N) is 1. The van der Waals surface area contributed by atoms with Gasteiger partial charge in [-0.3, -0.25) is 0 Å². The van der Waals surface area contributed by atoms with Crippen LogP contribution in [-0.2, 0) is 5.54 Å². The summed E-state index contributed by atoms with van der Waals surface area (Å²) in [5, 5.41) is 3.20. The van der Waals surface area contributed by atoms with Crippen LogP contribution in [0.1, 0.15) is 57.2 Å². The molecule has 1 aromatic heterocycles. The number of aromatic nitrogens is 1. The first-order chi connectivity index (χ1) is 6.47. The molecule has 0 bridgehead atoms. The van der Waals surface area contributed by atoms with Crippen LogP contribution < -0.4 is 5.73 Å². The highest BCUT2D eigenvalue weighted by atomic mass is 32.1. The summed E-state index contributed by atoms with van der Waals surface area (Å²) in [7, 11) is 0. The van der Waals surface area contributed by atoms with Gasteiger partial charge in [0.05, 0.1) is 11.2 Å². The van der Waals surface area contributed by atoms with Gasteiger partial charge in [0, 0.05) is 5.38 Å². The van der Waals surface area contributed by atoms with E-state index < -0.39 is 0 Å². The summed E-state index contributed by atoms with van der Waals surface area (Å²) in [6, 6.07) is 0. The fourth-order valence-electron chi connectivity index (χ4n) is 1.44. The van der Waals surface area contributed by atoms with Crippen LogP contribution in [0.3, 0.4) is 0 Å². The monoisotopic (exact) mass is 212 g/mol. The third-order valence-corrected chi connectivity index (χ3v) is 3.51. The van der Waals surface area contributed by atoms with E-state index in [1.54, 1.807) is 11.3 Å². The third-order valence-electron chi connectivity index (χ3n) is 2.37. The van der Waals surface area contributed by atoms with Gasteiger partial charge in [0.15, 0.2) is 0 Å². The number of hydrogen-bond donors (Lipinski definition) is 1. The summed E-state index contributed by atoms with van der Waals surface area (Å²) < 4.78 is 0. The summed E-state index contributed by atoms with van der Waals surface area (Å²) in [5.41, 5.74) is 7.13. The second kappa shape index (κ2) is 4.41. The number of nitrogens with zero attached hydrogens (tertiary/aromatic N) is 1. The van der Waals surface area contributed by atoms with Crippen molar-refractivity contribution in [2.24, 2.45) is 5.73 Å². The Morgan fingerprint density at radius 3 is 2.64 bits per heavy atom. The van der Waals surface area contributed by atoms with E-state index in [2.05, 4.69) is 38.1 Å². The van der Waals surface area contributed by atoms with Crippen LogP contribution >= 0.6 is 11.3 Å². The zero-order chi connectivity index (χ0) is 10.8.